The first-order valence-corrected chi connectivity index (χ1v) is 7.38. The molecule has 0 spiro atoms. The molecule has 2 aromatic rings. The third kappa shape index (κ3) is 3.12. The van der Waals surface area contributed by atoms with E-state index in [-0.39, 0.29) is 12.5 Å². The Morgan fingerprint density at radius 1 is 1.41 bits per heavy atom. The molecular weight excluding hydrogens is 280 g/mol. The molecule has 0 fully saturated rings. The van der Waals surface area contributed by atoms with E-state index in [1.165, 1.54) is 0 Å². The van der Waals surface area contributed by atoms with E-state index < -0.39 is 0 Å². The zero-order valence-electron chi connectivity index (χ0n) is 12.8. The molecule has 1 aromatic heterocycles. The molecule has 22 heavy (non-hydrogen) atoms. The van der Waals surface area contributed by atoms with E-state index in [1.54, 1.807) is 4.68 Å². The van der Waals surface area contributed by atoms with E-state index in [4.69, 9.17) is 4.74 Å². The van der Waals surface area contributed by atoms with E-state index in [1.807, 2.05) is 38.2 Å². The number of nitrogens with one attached hydrogen (secondary N) is 2. The van der Waals surface area contributed by atoms with Crippen molar-refractivity contribution in [1.29, 1.82) is 0 Å². The Labute approximate surface area is 129 Å². The van der Waals surface area contributed by atoms with Gasteiger partial charge in [0, 0.05) is 32.1 Å². The molecule has 3 rings (SSSR count). The number of aryl methyl sites for hydroxylation is 2. The topological polar surface area (TPSA) is 68.2 Å². The predicted octanol–water partition coefficient (Wildman–Crippen LogP) is 1.39. The summed E-state index contributed by atoms with van der Waals surface area (Å²) in [5.74, 6) is 1.26. The number of fused-ring (bicyclic) bond motifs is 1. The lowest BCUT2D eigenvalue weighted by Gasteiger charge is -2.13. The van der Waals surface area contributed by atoms with E-state index in [0.29, 0.717) is 5.75 Å². The molecule has 1 aromatic carbocycles. The average Bonchev–Trinajstić information content (AvgIpc) is 2.83. The Balaban J connectivity index is 1.62. The predicted molar refractivity (Wildman–Crippen MR) is 83.9 cm³/mol. The molecule has 0 aliphatic carbocycles. The second kappa shape index (κ2) is 6.19. The Hall–Kier alpha value is -2.34. The van der Waals surface area contributed by atoms with Gasteiger partial charge in [0.15, 0.2) is 6.61 Å². The summed E-state index contributed by atoms with van der Waals surface area (Å²) >= 11 is 0. The van der Waals surface area contributed by atoms with Gasteiger partial charge in [-0.25, -0.2) is 0 Å². The van der Waals surface area contributed by atoms with Crippen LogP contribution in [0.2, 0.25) is 0 Å². The van der Waals surface area contributed by atoms with Crippen LogP contribution in [-0.4, -0.2) is 28.8 Å². The number of carbonyl (C=O) groups is 1. The maximum Gasteiger partial charge on any atom is 0.263 e. The van der Waals surface area contributed by atoms with Gasteiger partial charge in [-0.3, -0.25) is 9.48 Å². The van der Waals surface area contributed by atoms with Gasteiger partial charge in [0.1, 0.15) is 11.6 Å². The Morgan fingerprint density at radius 3 is 2.95 bits per heavy atom. The Bertz CT molecular complexity index is 676. The van der Waals surface area contributed by atoms with Crippen LogP contribution in [0.5, 0.6) is 5.75 Å². The number of anilines is 1. The molecule has 2 heterocycles. The molecule has 0 bridgehead atoms. The van der Waals surface area contributed by atoms with Crippen molar-refractivity contribution < 1.29 is 9.53 Å². The molecule has 116 valence electrons. The van der Waals surface area contributed by atoms with Crippen molar-refractivity contribution in [2.45, 2.75) is 19.9 Å². The summed E-state index contributed by atoms with van der Waals surface area (Å²) in [5.41, 5.74) is 3.28. The fraction of sp³-hybridized carbons (Fsp3) is 0.375. The number of amides is 1. The van der Waals surface area contributed by atoms with Crippen LogP contribution in [0.1, 0.15) is 16.8 Å². The quantitative estimate of drug-likeness (QED) is 0.895. The third-order valence-electron chi connectivity index (χ3n) is 3.72. The molecule has 1 amide bonds. The lowest BCUT2D eigenvalue weighted by molar-refractivity contribution is -0.118. The van der Waals surface area contributed by atoms with E-state index in [2.05, 4.69) is 15.7 Å². The zero-order valence-corrected chi connectivity index (χ0v) is 12.8. The van der Waals surface area contributed by atoms with Gasteiger partial charge in [-0.05, 0) is 19.1 Å². The summed E-state index contributed by atoms with van der Waals surface area (Å²) in [7, 11) is 1.84. The highest BCUT2D eigenvalue weighted by Crippen LogP contribution is 2.22. The third-order valence-corrected chi connectivity index (χ3v) is 3.72. The van der Waals surface area contributed by atoms with E-state index in [9.17, 15) is 4.79 Å². The standard InChI is InChI=1S/C16H20N4O2/c1-11-3-5-12(6-4-11)22-10-15(21)18-16-13-9-17-8-7-14(13)19-20(16)2/h3-6,17H,7-10H2,1-2H3,(H,18,21). The first-order valence-electron chi connectivity index (χ1n) is 7.38. The van der Waals surface area contributed by atoms with E-state index in [0.717, 1.165) is 42.1 Å². The number of hydrogen-bond acceptors (Lipinski definition) is 4. The number of aromatic nitrogens is 2. The van der Waals surface area contributed by atoms with Gasteiger partial charge < -0.3 is 15.4 Å². The molecule has 6 heteroatoms. The summed E-state index contributed by atoms with van der Waals surface area (Å²) in [6, 6.07) is 7.63. The van der Waals surface area contributed by atoms with Crippen LogP contribution in [-0.2, 0) is 24.8 Å². The number of rotatable bonds is 4. The fourth-order valence-electron chi connectivity index (χ4n) is 2.54. The highest BCUT2D eigenvalue weighted by molar-refractivity contribution is 5.92. The summed E-state index contributed by atoms with van der Waals surface area (Å²) in [4.78, 5) is 12.1. The normalized spacial score (nSPS) is 13.5. The maximum atomic E-state index is 12.1. The Morgan fingerprint density at radius 2 is 2.18 bits per heavy atom. The van der Waals surface area contributed by atoms with Gasteiger partial charge in [-0.2, -0.15) is 5.10 Å². The molecule has 6 nitrogen and oxygen atoms in total. The van der Waals surface area contributed by atoms with Crippen molar-refractivity contribution in [2.24, 2.45) is 7.05 Å². The van der Waals surface area contributed by atoms with Crippen LogP contribution < -0.4 is 15.4 Å². The van der Waals surface area contributed by atoms with Gasteiger partial charge in [-0.15, -0.1) is 0 Å². The molecule has 0 radical (unpaired) electrons. The molecule has 0 atom stereocenters. The molecule has 1 aliphatic heterocycles. The smallest absolute Gasteiger partial charge is 0.263 e. The SMILES string of the molecule is Cc1ccc(OCC(=O)Nc2c3c(nn2C)CCNC3)cc1. The lowest BCUT2D eigenvalue weighted by atomic mass is 10.1. The van der Waals surface area contributed by atoms with Gasteiger partial charge >= 0.3 is 0 Å². The van der Waals surface area contributed by atoms with Crippen molar-refractivity contribution >= 4 is 11.7 Å². The van der Waals surface area contributed by atoms with Gasteiger partial charge in [0.2, 0.25) is 0 Å². The van der Waals surface area contributed by atoms with Crippen LogP contribution in [0.3, 0.4) is 0 Å². The lowest BCUT2D eigenvalue weighted by Crippen LogP contribution is -2.26. The summed E-state index contributed by atoms with van der Waals surface area (Å²) in [5, 5.41) is 10.6. The van der Waals surface area contributed by atoms with Gasteiger partial charge in [0.05, 0.1) is 5.69 Å². The summed E-state index contributed by atoms with van der Waals surface area (Å²) in [6.07, 6.45) is 0.888. The van der Waals surface area contributed by atoms with Gasteiger partial charge in [0.25, 0.3) is 5.91 Å². The maximum absolute atomic E-state index is 12.1. The highest BCUT2D eigenvalue weighted by Gasteiger charge is 2.20. The van der Waals surface area contributed by atoms with Crippen LogP contribution >= 0.6 is 0 Å². The molecule has 1 aliphatic rings. The first-order chi connectivity index (χ1) is 10.6. The minimum Gasteiger partial charge on any atom is -0.484 e. The molecule has 0 saturated heterocycles. The Kier molecular flexibility index (Phi) is 4.11. The van der Waals surface area contributed by atoms with Crippen LogP contribution in [0.25, 0.3) is 0 Å². The van der Waals surface area contributed by atoms with Crippen molar-refractivity contribution in [1.82, 2.24) is 15.1 Å². The highest BCUT2D eigenvalue weighted by atomic mass is 16.5. The largest absolute Gasteiger partial charge is 0.484 e. The second-order valence-electron chi connectivity index (χ2n) is 5.47. The summed E-state index contributed by atoms with van der Waals surface area (Å²) < 4.78 is 7.22. The minimum atomic E-state index is -0.183. The van der Waals surface area contributed by atoms with Crippen molar-refractivity contribution in [3.8, 4) is 5.75 Å². The van der Waals surface area contributed by atoms with Crippen LogP contribution in [0, 0.1) is 6.92 Å². The molecular formula is C16H20N4O2. The minimum absolute atomic E-state index is 0.0174. The number of nitrogens with zero attached hydrogens (tertiary/aromatic N) is 2. The van der Waals surface area contributed by atoms with Crippen molar-refractivity contribution in [3.05, 3.63) is 41.1 Å². The van der Waals surface area contributed by atoms with Crippen molar-refractivity contribution in [2.75, 3.05) is 18.5 Å². The van der Waals surface area contributed by atoms with Crippen LogP contribution in [0.4, 0.5) is 5.82 Å². The molecule has 0 saturated carbocycles. The first kappa shape index (κ1) is 14.6. The van der Waals surface area contributed by atoms with Crippen LogP contribution in [0.15, 0.2) is 24.3 Å². The number of hydrogen-bond donors (Lipinski definition) is 2. The fourth-order valence-corrected chi connectivity index (χ4v) is 2.54. The van der Waals surface area contributed by atoms with Crippen molar-refractivity contribution in [3.63, 3.8) is 0 Å². The summed E-state index contributed by atoms with van der Waals surface area (Å²) in [6.45, 7) is 3.65. The number of ether oxygens (including phenoxy) is 1. The molecule has 0 unspecified atom stereocenters. The monoisotopic (exact) mass is 300 g/mol. The zero-order chi connectivity index (χ0) is 15.5. The number of benzene rings is 1. The number of carbonyl (C=O) groups excluding carboxylic acids is 1. The average molecular weight is 300 g/mol. The molecule has 2 N–H and O–H groups in total. The van der Waals surface area contributed by atoms with Gasteiger partial charge in [-0.1, -0.05) is 17.7 Å². The van der Waals surface area contributed by atoms with E-state index >= 15 is 0 Å². The second-order valence-corrected chi connectivity index (χ2v) is 5.47.